The number of hydrogen-bond donors (Lipinski definition) is 1. The second-order valence-electron chi connectivity index (χ2n) is 6.08. The molecule has 128 valence electrons. The third kappa shape index (κ3) is 3.42. The lowest BCUT2D eigenvalue weighted by atomic mass is 10.1. The van der Waals surface area contributed by atoms with Crippen molar-refractivity contribution in [3.8, 4) is 0 Å². The average molecular weight is 347 g/mol. The van der Waals surface area contributed by atoms with Gasteiger partial charge in [0.1, 0.15) is 5.82 Å². The predicted octanol–water partition coefficient (Wildman–Crippen LogP) is 1.38. The molecule has 0 saturated carbocycles. The molecule has 0 radical (unpaired) electrons. The van der Waals surface area contributed by atoms with E-state index in [1.807, 2.05) is 31.2 Å². The molecule has 2 heterocycles. The van der Waals surface area contributed by atoms with Crippen LogP contribution in [0, 0.1) is 6.92 Å². The molecule has 0 amide bonds. The monoisotopic (exact) mass is 347 g/mol. The van der Waals surface area contributed by atoms with E-state index in [-0.39, 0.29) is 17.9 Å². The zero-order valence-electron chi connectivity index (χ0n) is 13.9. The summed E-state index contributed by atoms with van der Waals surface area (Å²) in [5.74, 6) is 0.661. The first kappa shape index (κ1) is 16.9. The van der Waals surface area contributed by atoms with Gasteiger partial charge in [-0.1, -0.05) is 29.8 Å². The molecule has 0 bridgehead atoms. The minimum absolute atomic E-state index is 0.0408. The number of hydrogen-bond acceptors (Lipinski definition) is 4. The van der Waals surface area contributed by atoms with E-state index in [9.17, 15) is 13.2 Å². The number of aryl methyl sites for hydroxylation is 1. The summed E-state index contributed by atoms with van der Waals surface area (Å²) in [6, 6.07) is 8.09. The van der Waals surface area contributed by atoms with E-state index in [0.29, 0.717) is 36.5 Å². The van der Waals surface area contributed by atoms with Gasteiger partial charge in [-0.2, -0.15) is 4.31 Å². The third-order valence-electron chi connectivity index (χ3n) is 4.33. The van der Waals surface area contributed by atoms with Gasteiger partial charge in [0.25, 0.3) is 5.56 Å². The molecule has 1 aromatic heterocycles. The summed E-state index contributed by atoms with van der Waals surface area (Å²) in [5, 5.41) is 0. The van der Waals surface area contributed by atoms with E-state index in [4.69, 9.17) is 0 Å². The number of nitrogens with one attached hydrogen (secondary N) is 1. The second-order valence-corrected chi connectivity index (χ2v) is 8.34. The van der Waals surface area contributed by atoms with Crippen LogP contribution in [-0.2, 0) is 29.4 Å². The predicted molar refractivity (Wildman–Crippen MR) is 92.4 cm³/mol. The van der Waals surface area contributed by atoms with E-state index in [1.54, 1.807) is 6.92 Å². The Balaban J connectivity index is 1.87. The Morgan fingerprint density at radius 2 is 1.96 bits per heavy atom. The average Bonchev–Trinajstić information content (AvgIpc) is 2.56. The number of benzene rings is 1. The fraction of sp³-hybridized carbons (Fsp3) is 0.412. The lowest BCUT2D eigenvalue weighted by molar-refractivity contribution is 0.385. The zero-order chi connectivity index (χ0) is 17.3. The molecule has 1 aliphatic heterocycles. The van der Waals surface area contributed by atoms with Gasteiger partial charge in [0.05, 0.1) is 17.0 Å². The van der Waals surface area contributed by atoms with Gasteiger partial charge >= 0.3 is 0 Å². The van der Waals surface area contributed by atoms with Crippen molar-refractivity contribution in [2.45, 2.75) is 33.2 Å². The number of aromatic nitrogens is 2. The number of rotatable bonds is 4. The number of H-pyrrole nitrogens is 1. The van der Waals surface area contributed by atoms with Crippen LogP contribution in [0.1, 0.15) is 35.1 Å². The molecule has 0 unspecified atom stereocenters. The summed E-state index contributed by atoms with van der Waals surface area (Å²) in [4.78, 5) is 19.7. The van der Waals surface area contributed by atoms with Crippen LogP contribution >= 0.6 is 0 Å². The molecule has 2 aromatic rings. The quantitative estimate of drug-likeness (QED) is 0.906. The van der Waals surface area contributed by atoms with Crippen LogP contribution in [0.15, 0.2) is 29.1 Å². The molecule has 3 rings (SSSR count). The van der Waals surface area contributed by atoms with Gasteiger partial charge in [0, 0.05) is 25.9 Å². The summed E-state index contributed by atoms with van der Waals surface area (Å²) in [6.07, 6.45) is 1.03. The Hall–Kier alpha value is -1.99. The molecular weight excluding hydrogens is 326 g/mol. The summed E-state index contributed by atoms with van der Waals surface area (Å²) in [5.41, 5.74) is 3.20. The van der Waals surface area contributed by atoms with Crippen LogP contribution in [0.5, 0.6) is 0 Å². The largest absolute Gasteiger partial charge is 0.310 e. The fourth-order valence-corrected chi connectivity index (χ4v) is 3.92. The van der Waals surface area contributed by atoms with Crippen molar-refractivity contribution in [1.29, 1.82) is 0 Å². The van der Waals surface area contributed by atoms with Gasteiger partial charge < -0.3 is 4.98 Å². The van der Waals surface area contributed by atoms with Gasteiger partial charge in [0.2, 0.25) is 10.0 Å². The smallest absolute Gasteiger partial charge is 0.255 e. The maximum absolute atomic E-state index is 12.4. The van der Waals surface area contributed by atoms with Gasteiger partial charge in [-0.25, -0.2) is 13.4 Å². The SMILES string of the molecule is CCS(=O)(=O)N1CCc2nc(Cc3ccc(C)cc3)[nH]c(=O)c2C1. The number of sulfonamides is 1. The Bertz CT molecular complexity index is 902. The number of nitrogens with zero attached hydrogens (tertiary/aromatic N) is 2. The highest BCUT2D eigenvalue weighted by Crippen LogP contribution is 2.18. The van der Waals surface area contributed by atoms with Crippen LogP contribution in [-0.4, -0.2) is 35.0 Å². The lowest BCUT2D eigenvalue weighted by Crippen LogP contribution is -2.40. The summed E-state index contributed by atoms with van der Waals surface area (Å²) in [6.45, 7) is 4.12. The lowest BCUT2D eigenvalue weighted by Gasteiger charge is -2.26. The van der Waals surface area contributed by atoms with Crippen molar-refractivity contribution in [2.75, 3.05) is 12.3 Å². The van der Waals surface area contributed by atoms with E-state index < -0.39 is 10.0 Å². The molecule has 6 nitrogen and oxygen atoms in total. The van der Waals surface area contributed by atoms with Gasteiger partial charge in [-0.05, 0) is 19.4 Å². The van der Waals surface area contributed by atoms with Crippen molar-refractivity contribution >= 4 is 10.0 Å². The van der Waals surface area contributed by atoms with Crippen molar-refractivity contribution in [3.05, 3.63) is 62.8 Å². The molecular formula is C17H21N3O3S. The van der Waals surface area contributed by atoms with E-state index >= 15 is 0 Å². The standard InChI is InChI=1S/C17H21N3O3S/c1-3-24(22,23)20-9-8-15-14(11-20)17(21)19-16(18-15)10-13-6-4-12(2)5-7-13/h4-7H,3,8-11H2,1-2H3,(H,18,19,21). The summed E-state index contributed by atoms with van der Waals surface area (Å²) < 4.78 is 25.4. The number of aromatic amines is 1. The molecule has 0 aliphatic carbocycles. The maximum Gasteiger partial charge on any atom is 0.255 e. The molecule has 7 heteroatoms. The van der Waals surface area contributed by atoms with Crippen molar-refractivity contribution < 1.29 is 8.42 Å². The highest BCUT2D eigenvalue weighted by molar-refractivity contribution is 7.89. The van der Waals surface area contributed by atoms with Crippen molar-refractivity contribution in [2.24, 2.45) is 0 Å². The normalized spacial score (nSPS) is 15.2. The van der Waals surface area contributed by atoms with Crippen LogP contribution in [0.25, 0.3) is 0 Å². The molecule has 1 aliphatic rings. The van der Waals surface area contributed by atoms with Crippen LogP contribution in [0.3, 0.4) is 0 Å². The maximum atomic E-state index is 12.4. The first-order valence-electron chi connectivity index (χ1n) is 8.03. The molecule has 0 spiro atoms. The van der Waals surface area contributed by atoms with Crippen LogP contribution in [0.4, 0.5) is 0 Å². The molecule has 0 saturated heterocycles. The van der Waals surface area contributed by atoms with Crippen molar-refractivity contribution in [1.82, 2.24) is 14.3 Å². The van der Waals surface area contributed by atoms with E-state index in [0.717, 1.165) is 5.56 Å². The third-order valence-corrected chi connectivity index (χ3v) is 6.16. The van der Waals surface area contributed by atoms with Crippen LogP contribution in [0.2, 0.25) is 0 Å². The Morgan fingerprint density at radius 1 is 1.25 bits per heavy atom. The Labute approximate surface area is 141 Å². The van der Waals surface area contributed by atoms with E-state index in [2.05, 4.69) is 9.97 Å². The highest BCUT2D eigenvalue weighted by Gasteiger charge is 2.28. The summed E-state index contributed by atoms with van der Waals surface area (Å²) >= 11 is 0. The van der Waals surface area contributed by atoms with Gasteiger partial charge in [-0.15, -0.1) is 0 Å². The molecule has 0 atom stereocenters. The zero-order valence-corrected chi connectivity index (χ0v) is 14.7. The Kier molecular flexibility index (Phi) is 4.56. The highest BCUT2D eigenvalue weighted by atomic mass is 32.2. The van der Waals surface area contributed by atoms with Crippen LogP contribution < -0.4 is 5.56 Å². The molecule has 24 heavy (non-hydrogen) atoms. The molecule has 1 N–H and O–H groups in total. The minimum Gasteiger partial charge on any atom is -0.310 e. The summed E-state index contributed by atoms with van der Waals surface area (Å²) in [7, 11) is -3.29. The second kappa shape index (κ2) is 6.49. The molecule has 0 fully saturated rings. The molecule has 1 aromatic carbocycles. The van der Waals surface area contributed by atoms with Gasteiger partial charge in [0.15, 0.2) is 0 Å². The van der Waals surface area contributed by atoms with Crippen molar-refractivity contribution in [3.63, 3.8) is 0 Å². The first-order valence-corrected chi connectivity index (χ1v) is 9.64. The minimum atomic E-state index is -3.29. The first-order chi connectivity index (χ1) is 11.4. The Morgan fingerprint density at radius 3 is 2.62 bits per heavy atom. The number of fused-ring (bicyclic) bond motifs is 1. The topological polar surface area (TPSA) is 83.1 Å². The fourth-order valence-electron chi connectivity index (χ4n) is 2.85. The van der Waals surface area contributed by atoms with E-state index in [1.165, 1.54) is 9.87 Å². The van der Waals surface area contributed by atoms with Gasteiger partial charge in [-0.3, -0.25) is 4.79 Å².